The van der Waals surface area contributed by atoms with E-state index < -0.39 is 5.82 Å². The molecule has 9 heteroatoms. The Bertz CT molecular complexity index is 1230. The molecule has 0 fully saturated rings. The van der Waals surface area contributed by atoms with Gasteiger partial charge in [-0.15, -0.1) is 0 Å². The van der Waals surface area contributed by atoms with E-state index in [-0.39, 0.29) is 6.04 Å². The summed E-state index contributed by atoms with van der Waals surface area (Å²) in [7, 11) is 0. The van der Waals surface area contributed by atoms with Crippen molar-refractivity contribution in [2.45, 2.75) is 19.9 Å². The number of H-pyrrole nitrogens is 1. The van der Waals surface area contributed by atoms with Crippen molar-refractivity contribution < 1.29 is 9.57 Å². The Balaban J connectivity index is 1.87. The fraction of sp³-hybridized carbons (Fsp3) is 0.150. The van der Waals surface area contributed by atoms with Crippen LogP contribution in [0.4, 0.5) is 15.9 Å². The van der Waals surface area contributed by atoms with Crippen molar-refractivity contribution in [1.82, 2.24) is 19.9 Å². The molecule has 2 aromatic carbocycles. The maximum Gasteiger partial charge on any atom is 0.265 e. The molecule has 4 aromatic rings. The van der Waals surface area contributed by atoms with Crippen molar-refractivity contribution in [2.75, 3.05) is 5.32 Å². The average molecular weight is 412 g/mol. The number of benzene rings is 2. The Labute approximate surface area is 170 Å². The van der Waals surface area contributed by atoms with Gasteiger partial charge < -0.3 is 10.3 Å². The van der Waals surface area contributed by atoms with E-state index in [2.05, 4.69) is 25.3 Å². The second-order valence-corrected chi connectivity index (χ2v) is 7.03. The summed E-state index contributed by atoms with van der Waals surface area (Å²) in [5, 5.41) is 5.72. The van der Waals surface area contributed by atoms with Crippen molar-refractivity contribution in [2.24, 2.45) is 0 Å². The lowest BCUT2D eigenvalue weighted by atomic mass is 9.91. The highest BCUT2D eigenvalue weighted by atomic mass is 35.5. The van der Waals surface area contributed by atoms with E-state index in [1.807, 2.05) is 12.1 Å². The number of hydrogen-bond donors (Lipinski definition) is 3. The zero-order valence-corrected chi connectivity index (χ0v) is 16.4. The molecule has 7 nitrogen and oxygen atoms in total. The number of nitroso groups, excluding NO2 is 1. The second kappa shape index (κ2) is 7.56. The maximum atomic E-state index is 13.9. The first-order valence-corrected chi connectivity index (χ1v) is 9.25. The van der Waals surface area contributed by atoms with E-state index in [0.717, 1.165) is 5.56 Å². The number of nitrogens with zero attached hydrogens (tertiary/aromatic N) is 3. The van der Waals surface area contributed by atoms with E-state index in [0.29, 0.717) is 44.4 Å². The lowest BCUT2D eigenvalue weighted by molar-refractivity contribution is -0.379. The highest BCUT2D eigenvalue weighted by Crippen LogP contribution is 2.39. The minimum absolute atomic E-state index is 0.307. The van der Waals surface area contributed by atoms with Gasteiger partial charge in [-0.05, 0) is 43.2 Å². The van der Waals surface area contributed by atoms with Crippen LogP contribution in [0.5, 0.6) is 0 Å². The summed E-state index contributed by atoms with van der Waals surface area (Å²) in [5.74, 6) is 0.159. The number of aromatic amines is 1. The average Bonchev–Trinajstić information content (AvgIpc) is 3.19. The fourth-order valence-electron chi connectivity index (χ4n) is 3.35. The summed E-state index contributed by atoms with van der Waals surface area (Å²) in [6.07, 6.45) is 2.95. The minimum Gasteiger partial charge on any atom is -0.362 e. The third-order valence-electron chi connectivity index (χ3n) is 4.81. The van der Waals surface area contributed by atoms with Gasteiger partial charge in [0.1, 0.15) is 17.7 Å². The van der Waals surface area contributed by atoms with Crippen LogP contribution in [0, 0.1) is 17.6 Å². The zero-order chi connectivity index (χ0) is 20.5. The molecular weight excluding hydrogens is 395 g/mol. The van der Waals surface area contributed by atoms with Crippen molar-refractivity contribution in [3.63, 3.8) is 0 Å². The van der Waals surface area contributed by atoms with Gasteiger partial charge in [-0.25, -0.2) is 19.3 Å². The molecule has 0 aliphatic heterocycles. The molecule has 3 N–H and O–H groups in total. The van der Waals surface area contributed by atoms with E-state index in [1.54, 1.807) is 25.1 Å². The van der Waals surface area contributed by atoms with Gasteiger partial charge in [0, 0.05) is 15.6 Å². The molecule has 1 atom stereocenters. The van der Waals surface area contributed by atoms with Crippen LogP contribution < -0.4 is 10.5 Å². The molecule has 0 spiro atoms. The van der Waals surface area contributed by atoms with Crippen LogP contribution in [0.15, 0.2) is 43.0 Å². The van der Waals surface area contributed by atoms with Crippen LogP contribution in [0.1, 0.15) is 24.1 Å². The van der Waals surface area contributed by atoms with Crippen LogP contribution >= 0.6 is 11.6 Å². The molecule has 29 heavy (non-hydrogen) atoms. The second-order valence-electron chi connectivity index (χ2n) is 6.62. The van der Waals surface area contributed by atoms with Crippen molar-refractivity contribution in [1.29, 1.82) is 0 Å². The minimum atomic E-state index is -0.395. The Kier molecular flexibility index (Phi) is 4.94. The van der Waals surface area contributed by atoms with Gasteiger partial charge in [-0.2, -0.15) is 0 Å². The highest BCUT2D eigenvalue weighted by molar-refractivity contribution is 6.32. The number of halogens is 2. The number of imidazole rings is 1. The molecule has 0 aliphatic rings. The summed E-state index contributed by atoms with van der Waals surface area (Å²) in [4.78, 5) is 27.3. The Morgan fingerprint density at radius 1 is 1.24 bits per heavy atom. The standard InChI is InChI=1S/C20H16ClFN6O/c1-10-15(21)7-14(16(17(10)28-29)12-4-3-5-13(22)6-12)11(2)27-20-18-19(24-8-23-18)25-9-26-20/h3-9,11H,1-2H3,(H2,23,24,25,26,27)/p+1. The lowest BCUT2D eigenvalue weighted by Crippen LogP contribution is -2.57. The summed E-state index contributed by atoms with van der Waals surface area (Å²) in [6, 6.07) is 7.55. The van der Waals surface area contributed by atoms with E-state index in [1.165, 1.54) is 24.8 Å². The van der Waals surface area contributed by atoms with Gasteiger partial charge in [0.25, 0.3) is 5.69 Å². The molecule has 146 valence electrons. The van der Waals surface area contributed by atoms with Gasteiger partial charge in [0.2, 0.25) is 0 Å². The SMILES string of the molecule is Cc1c(Cl)cc(C(C)Nc2ncnc3nc[nH]c23)c(-c2cccc(F)c2)c1[NH+]=O. The predicted octanol–water partition coefficient (Wildman–Crippen LogP) is 3.77. The molecular formula is C20H17ClFN6O+. The van der Waals surface area contributed by atoms with Gasteiger partial charge in [-0.3, -0.25) is 0 Å². The van der Waals surface area contributed by atoms with Crippen LogP contribution in [-0.2, 0) is 0 Å². The van der Waals surface area contributed by atoms with Crippen LogP contribution in [0.3, 0.4) is 0 Å². The van der Waals surface area contributed by atoms with Gasteiger partial charge in [0.05, 0.1) is 23.0 Å². The Hall–Kier alpha value is -3.39. The first-order valence-electron chi connectivity index (χ1n) is 8.87. The Morgan fingerprint density at radius 2 is 2.07 bits per heavy atom. The van der Waals surface area contributed by atoms with E-state index in [4.69, 9.17) is 11.6 Å². The number of aromatic nitrogens is 4. The number of nitrogens with one attached hydrogen (secondary N) is 3. The molecule has 1 unspecified atom stereocenters. The fourth-order valence-corrected chi connectivity index (χ4v) is 3.56. The smallest absolute Gasteiger partial charge is 0.265 e. The molecule has 0 saturated carbocycles. The Morgan fingerprint density at radius 3 is 2.83 bits per heavy atom. The summed E-state index contributed by atoms with van der Waals surface area (Å²) in [5.41, 5.74) is 3.96. The van der Waals surface area contributed by atoms with Crippen LogP contribution in [0.25, 0.3) is 22.3 Å². The molecule has 0 amide bonds. The maximum absolute atomic E-state index is 13.9. The van der Waals surface area contributed by atoms with Crippen molar-refractivity contribution in [3.05, 3.63) is 69.9 Å². The largest absolute Gasteiger partial charge is 0.362 e. The molecule has 0 saturated heterocycles. The van der Waals surface area contributed by atoms with E-state index in [9.17, 15) is 9.30 Å². The van der Waals surface area contributed by atoms with Crippen molar-refractivity contribution >= 4 is 34.3 Å². The number of anilines is 1. The van der Waals surface area contributed by atoms with Crippen LogP contribution in [-0.4, -0.2) is 19.9 Å². The van der Waals surface area contributed by atoms with Gasteiger partial charge in [0.15, 0.2) is 11.5 Å². The number of fused-ring (bicyclic) bond motifs is 1. The monoisotopic (exact) mass is 411 g/mol. The van der Waals surface area contributed by atoms with E-state index >= 15 is 0 Å². The van der Waals surface area contributed by atoms with Gasteiger partial charge >= 0.3 is 0 Å². The lowest BCUT2D eigenvalue weighted by Gasteiger charge is -2.20. The van der Waals surface area contributed by atoms with Crippen molar-refractivity contribution in [3.8, 4) is 11.1 Å². The molecule has 0 bridgehead atoms. The summed E-state index contributed by atoms with van der Waals surface area (Å²) >= 11 is 6.39. The number of rotatable bonds is 5. The number of hydrogen-bond acceptors (Lipinski definition) is 5. The van der Waals surface area contributed by atoms with Gasteiger partial charge in [-0.1, -0.05) is 23.7 Å². The third kappa shape index (κ3) is 3.42. The predicted molar refractivity (Wildman–Crippen MR) is 109 cm³/mol. The zero-order valence-electron chi connectivity index (χ0n) is 15.6. The molecule has 4 rings (SSSR count). The molecule has 2 heterocycles. The summed E-state index contributed by atoms with van der Waals surface area (Å²) < 4.78 is 13.9. The quantitative estimate of drug-likeness (QED) is 0.464. The molecule has 0 radical (unpaired) electrons. The highest BCUT2D eigenvalue weighted by Gasteiger charge is 2.25. The molecule has 0 aliphatic carbocycles. The molecule has 2 aromatic heterocycles. The normalized spacial score (nSPS) is 12.1. The first-order chi connectivity index (χ1) is 14.0. The van der Waals surface area contributed by atoms with Crippen LogP contribution in [0.2, 0.25) is 5.02 Å². The first kappa shape index (κ1) is 18.9. The third-order valence-corrected chi connectivity index (χ3v) is 5.20. The summed E-state index contributed by atoms with van der Waals surface area (Å²) in [6.45, 7) is 3.65. The topological polar surface area (TPSA) is 97.5 Å².